The van der Waals surface area contributed by atoms with E-state index in [9.17, 15) is 29.4 Å². The predicted molar refractivity (Wildman–Crippen MR) is 119 cm³/mol. The van der Waals surface area contributed by atoms with Crippen LogP contribution in [0.1, 0.15) is 12.8 Å². The van der Waals surface area contributed by atoms with Crippen LogP contribution in [0.2, 0.25) is 0 Å². The summed E-state index contributed by atoms with van der Waals surface area (Å²) in [4.78, 5) is 44.1. The highest BCUT2D eigenvalue weighted by Gasteiger charge is 2.30. The number of rotatable bonds is 17. The van der Waals surface area contributed by atoms with E-state index in [1.165, 1.54) is 0 Å². The van der Waals surface area contributed by atoms with E-state index in [1.54, 1.807) is 0 Å². The lowest BCUT2D eigenvalue weighted by Crippen LogP contribution is -2.43. The van der Waals surface area contributed by atoms with Crippen LogP contribution in [0, 0.1) is 0 Å². The van der Waals surface area contributed by atoms with Crippen LogP contribution in [0.3, 0.4) is 0 Å². The van der Waals surface area contributed by atoms with Gasteiger partial charge >= 0.3 is 23.9 Å². The van der Waals surface area contributed by atoms with E-state index in [0.717, 1.165) is 43.2 Å². The predicted octanol–water partition coefficient (Wildman–Crippen LogP) is -1.09. The van der Waals surface area contributed by atoms with Gasteiger partial charge in [0.1, 0.15) is 24.2 Å². The molecule has 0 aromatic heterocycles. The van der Waals surface area contributed by atoms with E-state index in [-0.39, 0.29) is 24.3 Å². The summed E-state index contributed by atoms with van der Waals surface area (Å²) < 4.78 is 0. The van der Waals surface area contributed by atoms with Gasteiger partial charge in [-0.2, -0.15) is 0 Å². The van der Waals surface area contributed by atoms with E-state index in [0.29, 0.717) is 0 Å². The Morgan fingerprint density at radius 2 is 0.900 bits per heavy atom. The molecule has 0 rings (SSSR count). The van der Waals surface area contributed by atoms with Gasteiger partial charge in [0.2, 0.25) is 0 Å². The third-order valence-electron chi connectivity index (χ3n) is 3.62. The monoisotopic (exact) mass is 506 g/mol. The summed E-state index contributed by atoms with van der Waals surface area (Å²) in [6.45, 7) is 0. The lowest BCUT2D eigenvalue weighted by molar-refractivity contribution is -0.139. The van der Waals surface area contributed by atoms with Gasteiger partial charge in [-0.3, -0.25) is 19.2 Å². The van der Waals surface area contributed by atoms with E-state index in [2.05, 4.69) is 0 Å². The second kappa shape index (κ2) is 15.0. The lowest BCUT2D eigenvalue weighted by atomic mass is 10.0. The molecule has 0 saturated heterocycles. The standard InChI is InChI=1S/C14H26N4O8S4/c15-5(11(19)20)3-27-29-7(9(17)13(23)24)1-2-8(10(18)14(25)26)30-28-4-6(16)12(21)22/h5-10H,1-4,15-18H2,(H,19,20)(H,21,22)(H,23,24)(H,25,26)/t5-,6-,7?,8?,9-,10-/m0/s1. The molecule has 0 aliphatic rings. The molecule has 0 saturated carbocycles. The van der Waals surface area contributed by atoms with Gasteiger partial charge in [0.15, 0.2) is 0 Å². The Morgan fingerprint density at radius 3 is 1.13 bits per heavy atom. The molecule has 0 aliphatic heterocycles. The van der Waals surface area contributed by atoms with Crippen LogP contribution in [0.4, 0.5) is 0 Å². The quantitative estimate of drug-likeness (QED) is 0.109. The second-order valence-corrected chi connectivity index (χ2v) is 11.3. The molecule has 0 aromatic carbocycles. The zero-order valence-electron chi connectivity index (χ0n) is 15.7. The van der Waals surface area contributed by atoms with Gasteiger partial charge in [-0.25, -0.2) is 0 Å². The Labute approximate surface area is 188 Å². The van der Waals surface area contributed by atoms with Crippen LogP contribution < -0.4 is 22.9 Å². The molecule has 0 heterocycles. The highest BCUT2D eigenvalue weighted by atomic mass is 33.1. The van der Waals surface area contributed by atoms with Crippen molar-refractivity contribution in [2.45, 2.75) is 47.5 Å². The summed E-state index contributed by atoms with van der Waals surface area (Å²) >= 11 is 0. The number of carboxylic acid groups (broad SMARTS) is 4. The molecule has 0 fully saturated rings. The van der Waals surface area contributed by atoms with Crippen molar-refractivity contribution in [3.8, 4) is 0 Å². The fourth-order valence-electron chi connectivity index (χ4n) is 1.76. The Bertz CT molecular complexity index is 552. The molecule has 16 heteroatoms. The smallest absolute Gasteiger partial charge is 0.321 e. The van der Waals surface area contributed by atoms with Crippen LogP contribution in [0.25, 0.3) is 0 Å². The maximum Gasteiger partial charge on any atom is 0.321 e. The third kappa shape index (κ3) is 11.5. The van der Waals surface area contributed by atoms with Crippen molar-refractivity contribution >= 4 is 67.1 Å². The van der Waals surface area contributed by atoms with Gasteiger partial charge in [0.25, 0.3) is 0 Å². The topological polar surface area (TPSA) is 253 Å². The lowest BCUT2D eigenvalue weighted by Gasteiger charge is -2.24. The number of aliphatic carboxylic acids is 4. The Kier molecular flexibility index (Phi) is 14.6. The molecule has 0 aromatic rings. The van der Waals surface area contributed by atoms with Crippen molar-refractivity contribution in [1.29, 1.82) is 0 Å². The van der Waals surface area contributed by atoms with Crippen molar-refractivity contribution in [1.82, 2.24) is 0 Å². The summed E-state index contributed by atoms with van der Waals surface area (Å²) in [6.07, 6.45) is 0.356. The molecule has 174 valence electrons. The third-order valence-corrected chi connectivity index (χ3v) is 9.55. The summed E-state index contributed by atoms with van der Waals surface area (Å²) in [7, 11) is 4.25. The van der Waals surface area contributed by atoms with E-state index in [1.807, 2.05) is 0 Å². The molecular formula is C14H26N4O8S4. The Morgan fingerprint density at radius 1 is 0.600 bits per heavy atom. The molecule has 30 heavy (non-hydrogen) atoms. The van der Waals surface area contributed by atoms with Gasteiger partial charge < -0.3 is 43.4 Å². The average molecular weight is 507 g/mol. The molecule has 0 aliphatic carbocycles. The van der Waals surface area contributed by atoms with Crippen molar-refractivity contribution in [2.75, 3.05) is 11.5 Å². The van der Waals surface area contributed by atoms with Crippen molar-refractivity contribution in [3.05, 3.63) is 0 Å². The van der Waals surface area contributed by atoms with Gasteiger partial charge in [0.05, 0.1) is 0 Å². The summed E-state index contributed by atoms with van der Waals surface area (Å²) in [5, 5.41) is 34.7. The molecule has 2 unspecified atom stereocenters. The number of carboxylic acids is 4. The number of hydrogen-bond acceptors (Lipinski definition) is 12. The fraction of sp³-hybridized carbons (Fsp3) is 0.714. The number of hydrogen-bond donors (Lipinski definition) is 8. The minimum Gasteiger partial charge on any atom is -0.480 e. The van der Waals surface area contributed by atoms with Gasteiger partial charge in [-0.15, -0.1) is 0 Å². The van der Waals surface area contributed by atoms with E-state index >= 15 is 0 Å². The zero-order chi connectivity index (χ0) is 23.4. The molecule has 0 amide bonds. The van der Waals surface area contributed by atoms with Crippen LogP contribution in [0.5, 0.6) is 0 Å². The van der Waals surface area contributed by atoms with Crippen molar-refractivity contribution < 1.29 is 39.6 Å². The molecule has 12 nitrogen and oxygen atoms in total. The summed E-state index contributed by atoms with van der Waals surface area (Å²) in [5.41, 5.74) is 22.2. The van der Waals surface area contributed by atoms with Gasteiger partial charge in [0, 0.05) is 22.0 Å². The highest BCUT2D eigenvalue weighted by molar-refractivity contribution is 8.77. The number of nitrogens with two attached hydrogens (primary N) is 4. The number of carbonyl (C=O) groups is 4. The average Bonchev–Trinajstić information content (AvgIpc) is 2.66. The molecule has 6 atom stereocenters. The highest BCUT2D eigenvalue weighted by Crippen LogP contribution is 2.36. The minimum atomic E-state index is -1.27. The molecular weight excluding hydrogens is 480 g/mol. The van der Waals surface area contributed by atoms with Gasteiger partial charge in [-0.05, 0) is 12.8 Å². The van der Waals surface area contributed by atoms with Crippen LogP contribution in [0.15, 0.2) is 0 Å². The first-order valence-corrected chi connectivity index (χ1v) is 13.1. The van der Waals surface area contributed by atoms with E-state index in [4.69, 9.17) is 33.1 Å². The van der Waals surface area contributed by atoms with Crippen LogP contribution in [-0.4, -0.2) is 90.5 Å². The zero-order valence-corrected chi connectivity index (χ0v) is 18.9. The maximum atomic E-state index is 11.3. The van der Waals surface area contributed by atoms with Crippen LogP contribution >= 0.6 is 43.2 Å². The summed E-state index contributed by atoms with van der Waals surface area (Å²) in [5.74, 6) is -4.85. The largest absolute Gasteiger partial charge is 0.480 e. The Balaban J connectivity index is 4.97. The van der Waals surface area contributed by atoms with E-state index < -0.39 is 58.5 Å². The molecule has 12 N–H and O–H groups in total. The SMILES string of the molecule is N[C@H](C(=O)O)C(CCC(SSC[C@H](N)C(=O)O)[C@H](N)C(=O)O)SSC[C@H](N)C(=O)O. The Hall–Kier alpha value is -0.880. The maximum absolute atomic E-state index is 11.3. The first kappa shape index (κ1) is 29.1. The van der Waals surface area contributed by atoms with Gasteiger partial charge in [-0.1, -0.05) is 43.2 Å². The normalized spacial score (nSPS) is 17.3. The first-order valence-electron chi connectivity index (χ1n) is 8.38. The molecule has 0 bridgehead atoms. The fourth-order valence-corrected chi connectivity index (χ4v) is 7.48. The molecule has 0 spiro atoms. The molecule has 0 radical (unpaired) electrons. The van der Waals surface area contributed by atoms with Crippen LogP contribution in [-0.2, 0) is 19.2 Å². The van der Waals surface area contributed by atoms with Crippen molar-refractivity contribution in [3.63, 3.8) is 0 Å². The first-order chi connectivity index (χ1) is 13.9. The summed E-state index contributed by atoms with van der Waals surface area (Å²) in [6, 6.07) is -4.79. The van der Waals surface area contributed by atoms with Crippen molar-refractivity contribution in [2.24, 2.45) is 22.9 Å². The second-order valence-electron chi connectivity index (χ2n) is 6.03. The minimum absolute atomic E-state index is 0.0264.